The lowest BCUT2D eigenvalue weighted by molar-refractivity contribution is 0.1000. The molecule has 4 heteroatoms. The highest BCUT2D eigenvalue weighted by molar-refractivity contribution is 5.93. The number of carbonyl (C=O) groups is 1. The molecule has 0 unspecified atom stereocenters. The normalized spacial score (nSPS) is 9.89. The number of benzene rings is 2. The molecular weight excluding hydrogens is 242 g/mol. The first kappa shape index (κ1) is 13.0. The Bertz CT molecular complexity index is 540. The maximum atomic E-state index is 11.0. The second-order valence-electron chi connectivity index (χ2n) is 3.90. The molecule has 0 bridgehead atoms. The molecule has 2 aromatic rings. The summed E-state index contributed by atoms with van der Waals surface area (Å²) in [5.74, 6) is 0.941. The summed E-state index contributed by atoms with van der Waals surface area (Å²) in [5.41, 5.74) is 5.63. The van der Waals surface area contributed by atoms with Crippen molar-refractivity contribution < 1.29 is 14.3 Å². The number of hydrogen-bond acceptors (Lipinski definition) is 3. The standard InChI is InChI=1S/C15H15NO3/c16-15(17)12-5-4-8-14(11-12)19-10-9-18-13-6-2-1-3-7-13/h1-8,11H,9-10H2,(H2,16,17). The van der Waals surface area contributed by atoms with E-state index in [0.29, 0.717) is 24.5 Å². The van der Waals surface area contributed by atoms with E-state index in [1.165, 1.54) is 0 Å². The van der Waals surface area contributed by atoms with Crippen molar-refractivity contribution in [1.29, 1.82) is 0 Å². The van der Waals surface area contributed by atoms with Crippen molar-refractivity contribution in [3.8, 4) is 11.5 Å². The van der Waals surface area contributed by atoms with E-state index in [1.807, 2.05) is 30.3 Å². The van der Waals surface area contributed by atoms with Crippen LogP contribution in [0.2, 0.25) is 0 Å². The molecule has 0 saturated heterocycles. The molecule has 0 aliphatic carbocycles. The van der Waals surface area contributed by atoms with Gasteiger partial charge in [0.15, 0.2) is 0 Å². The lowest BCUT2D eigenvalue weighted by atomic mass is 10.2. The van der Waals surface area contributed by atoms with Crippen LogP contribution in [0.4, 0.5) is 0 Å². The van der Waals surface area contributed by atoms with Gasteiger partial charge in [0.05, 0.1) is 0 Å². The van der Waals surface area contributed by atoms with Crippen molar-refractivity contribution in [2.75, 3.05) is 13.2 Å². The predicted molar refractivity (Wildman–Crippen MR) is 72.4 cm³/mol. The molecule has 2 N–H and O–H groups in total. The fraction of sp³-hybridized carbons (Fsp3) is 0.133. The molecule has 0 saturated carbocycles. The number of primary amides is 1. The van der Waals surface area contributed by atoms with Gasteiger partial charge in [0.2, 0.25) is 5.91 Å². The van der Waals surface area contributed by atoms with Gasteiger partial charge in [-0.2, -0.15) is 0 Å². The molecule has 0 spiro atoms. The number of hydrogen-bond donors (Lipinski definition) is 1. The SMILES string of the molecule is NC(=O)c1cccc(OCCOc2ccccc2)c1. The first-order valence-corrected chi connectivity index (χ1v) is 5.96. The molecule has 0 atom stereocenters. The summed E-state index contributed by atoms with van der Waals surface area (Å²) in [6.45, 7) is 0.835. The van der Waals surface area contributed by atoms with E-state index in [1.54, 1.807) is 24.3 Å². The van der Waals surface area contributed by atoms with Gasteiger partial charge >= 0.3 is 0 Å². The maximum Gasteiger partial charge on any atom is 0.248 e. The Morgan fingerprint density at radius 2 is 1.53 bits per heavy atom. The third kappa shape index (κ3) is 4.03. The average molecular weight is 257 g/mol. The molecule has 2 rings (SSSR count). The summed E-state index contributed by atoms with van der Waals surface area (Å²) in [6.07, 6.45) is 0. The number of para-hydroxylation sites is 1. The van der Waals surface area contributed by atoms with E-state index in [4.69, 9.17) is 15.2 Å². The zero-order valence-corrected chi connectivity index (χ0v) is 10.4. The number of amides is 1. The Morgan fingerprint density at radius 1 is 0.895 bits per heavy atom. The van der Waals surface area contributed by atoms with Gasteiger partial charge in [0.1, 0.15) is 24.7 Å². The van der Waals surface area contributed by atoms with Gasteiger partial charge in [0.25, 0.3) is 0 Å². The second kappa shape index (κ2) is 6.44. The van der Waals surface area contributed by atoms with Crippen LogP contribution in [0.5, 0.6) is 11.5 Å². The molecular formula is C15H15NO3. The first-order chi connectivity index (χ1) is 9.25. The molecule has 1 amide bonds. The molecule has 0 fully saturated rings. The largest absolute Gasteiger partial charge is 0.490 e. The Kier molecular flexibility index (Phi) is 4.39. The van der Waals surface area contributed by atoms with Crippen LogP contribution in [-0.4, -0.2) is 19.1 Å². The van der Waals surface area contributed by atoms with Gasteiger partial charge in [-0.05, 0) is 30.3 Å². The van der Waals surface area contributed by atoms with Crippen LogP contribution in [0, 0.1) is 0 Å². The topological polar surface area (TPSA) is 61.6 Å². The van der Waals surface area contributed by atoms with E-state index in [0.717, 1.165) is 5.75 Å². The van der Waals surface area contributed by atoms with Gasteiger partial charge in [-0.1, -0.05) is 24.3 Å². The first-order valence-electron chi connectivity index (χ1n) is 5.96. The lowest BCUT2D eigenvalue weighted by Gasteiger charge is -2.08. The summed E-state index contributed by atoms with van der Waals surface area (Å²) < 4.78 is 11.0. The smallest absolute Gasteiger partial charge is 0.248 e. The van der Waals surface area contributed by atoms with Gasteiger partial charge < -0.3 is 15.2 Å². The zero-order valence-electron chi connectivity index (χ0n) is 10.4. The van der Waals surface area contributed by atoms with Gasteiger partial charge in [-0.3, -0.25) is 4.79 Å². The zero-order chi connectivity index (χ0) is 13.5. The Labute approximate surface area is 111 Å². The third-order valence-corrected chi connectivity index (χ3v) is 2.48. The minimum Gasteiger partial charge on any atom is -0.490 e. The summed E-state index contributed by atoms with van der Waals surface area (Å²) in [7, 11) is 0. The van der Waals surface area contributed by atoms with Crippen molar-refractivity contribution in [2.24, 2.45) is 5.73 Å². The van der Waals surface area contributed by atoms with E-state index >= 15 is 0 Å². The summed E-state index contributed by atoms with van der Waals surface area (Å²) >= 11 is 0. The van der Waals surface area contributed by atoms with Crippen molar-refractivity contribution in [3.63, 3.8) is 0 Å². The monoisotopic (exact) mass is 257 g/mol. The van der Waals surface area contributed by atoms with Crippen LogP contribution in [0.25, 0.3) is 0 Å². The van der Waals surface area contributed by atoms with Crippen molar-refractivity contribution in [3.05, 3.63) is 60.2 Å². The molecule has 4 nitrogen and oxygen atoms in total. The molecule has 0 heterocycles. The number of carbonyl (C=O) groups excluding carboxylic acids is 1. The average Bonchev–Trinajstić information content (AvgIpc) is 2.45. The van der Waals surface area contributed by atoms with Crippen LogP contribution < -0.4 is 15.2 Å². The van der Waals surface area contributed by atoms with Crippen LogP contribution in [-0.2, 0) is 0 Å². The van der Waals surface area contributed by atoms with Crippen molar-refractivity contribution >= 4 is 5.91 Å². The maximum absolute atomic E-state index is 11.0. The fourth-order valence-corrected chi connectivity index (χ4v) is 1.57. The van der Waals surface area contributed by atoms with Crippen LogP contribution in [0.1, 0.15) is 10.4 Å². The van der Waals surface area contributed by atoms with E-state index in [9.17, 15) is 4.79 Å². The number of nitrogens with two attached hydrogens (primary N) is 1. The minimum absolute atomic E-state index is 0.400. The lowest BCUT2D eigenvalue weighted by Crippen LogP contribution is -2.12. The van der Waals surface area contributed by atoms with E-state index in [-0.39, 0.29) is 0 Å². The Hall–Kier alpha value is -2.49. The minimum atomic E-state index is -0.467. The van der Waals surface area contributed by atoms with Gasteiger partial charge in [-0.15, -0.1) is 0 Å². The summed E-state index contributed by atoms with van der Waals surface area (Å²) in [5, 5.41) is 0. The quantitative estimate of drug-likeness (QED) is 0.807. The van der Waals surface area contributed by atoms with Gasteiger partial charge in [0, 0.05) is 5.56 Å². The van der Waals surface area contributed by atoms with Crippen LogP contribution in [0.15, 0.2) is 54.6 Å². The van der Waals surface area contributed by atoms with E-state index < -0.39 is 5.91 Å². The second-order valence-corrected chi connectivity index (χ2v) is 3.90. The molecule has 0 aliphatic rings. The van der Waals surface area contributed by atoms with E-state index in [2.05, 4.69) is 0 Å². The highest BCUT2D eigenvalue weighted by atomic mass is 16.5. The number of rotatable bonds is 6. The molecule has 0 radical (unpaired) electrons. The molecule has 2 aromatic carbocycles. The van der Waals surface area contributed by atoms with Gasteiger partial charge in [-0.25, -0.2) is 0 Å². The molecule has 98 valence electrons. The number of ether oxygens (including phenoxy) is 2. The molecule has 0 aliphatic heterocycles. The Balaban J connectivity index is 1.80. The highest BCUT2D eigenvalue weighted by Gasteiger charge is 2.01. The molecule has 19 heavy (non-hydrogen) atoms. The molecule has 0 aromatic heterocycles. The van der Waals surface area contributed by atoms with Crippen molar-refractivity contribution in [2.45, 2.75) is 0 Å². The summed E-state index contributed by atoms with van der Waals surface area (Å²) in [6, 6.07) is 16.3. The van der Waals surface area contributed by atoms with Crippen LogP contribution >= 0.6 is 0 Å². The summed E-state index contributed by atoms with van der Waals surface area (Å²) in [4.78, 5) is 11.0. The van der Waals surface area contributed by atoms with Crippen molar-refractivity contribution in [1.82, 2.24) is 0 Å². The predicted octanol–water partition coefficient (Wildman–Crippen LogP) is 2.24. The van der Waals surface area contributed by atoms with Crippen LogP contribution in [0.3, 0.4) is 0 Å². The Morgan fingerprint density at radius 3 is 2.21 bits per heavy atom. The third-order valence-electron chi connectivity index (χ3n) is 2.48. The fourth-order valence-electron chi connectivity index (χ4n) is 1.57. The highest BCUT2D eigenvalue weighted by Crippen LogP contribution is 2.13.